The highest BCUT2D eigenvalue weighted by molar-refractivity contribution is 7.15. The van der Waals surface area contributed by atoms with E-state index in [9.17, 15) is 9.50 Å². The topological polar surface area (TPSA) is 84.8 Å². The van der Waals surface area contributed by atoms with Crippen molar-refractivity contribution in [3.05, 3.63) is 171 Å². The molecule has 58 heavy (non-hydrogen) atoms. The van der Waals surface area contributed by atoms with Crippen LogP contribution in [0.15, 0.2) is 127 Å². The SMILES string of the molecule is COc1ccc(COC[C@H]2OC(c3ccc(C)c(Cc4ccc(-c5ccc(F)cc5)s4)c3)[C@H](O)[C@@H](OCc3ccc(OC)cc3)[C@@H]2OCc2ccc(OC)cc2)cc1. The first-order valence-electron chi connectivity index (χ1n) is 19.3. The van der Waals surface area contributed by atoms with Gasteiger partial charge in [-0.25, -0.2) is 4.39 Å². The van der Waals surface area contributed by atoms with Crippen LogP contribution in [0.4, 0.5) is 4.39 Å². The smallest absolute Gasteiger partial charge is 0.123 e. The van der Waals surface area contributed by atoms with Gasteiger partial charge in [0.15, 0.2) is 0 Å². The second-order valence-corrected chi connectivity index (χ2v) is 15.5. The Morgan fingerprint density at radius 1 is 0.638 bits per heavy atom. The van der Waals surface area contributed by atoms with Gasteiger partial charge < -0.3 is 38.3 Å². The number of hydrogen-bond donors (Lipinski definition) is 1. The number of methoxy groups -OCH3 is 3. The van der Waals surface area contributed by atoms with E-state index in [0.717, 1.165) is 61.1 Å². The molecular formula is C48H49FO8S. The predicted octanol–water partition coefficient (Wildman–Crippen LogP) is 9.67. The first-order valence-corrected chi connectivity index (χ1v) is 20.1. The van der Waals surface area contributed by atoms with Crippen LogP contribution in [0.1, 0.15) is 44.4 Å². The second kappa shape index (κ2) is 19.6. The van der Waals surface area contributed by atoms with Crippen molar-refractivity contribution in [2.75, 3.05) is 27.9 Å². The maximum Gasteiger partial charge on any atom is 0.123 e. The highest BCUT2D eigenvalue weighted by atomic mass is 32.1. The molecule has 0 amide bonds. The van der Waals surface area contributed by atoms with Crippen LogP contribution in [0, 0.1) is 12.7 Å². The molecule has 0 bridgehead atoms. The molecule has 2 heterocycles. The second-order valence-electron chi connectivity index (χ2n) is 14.3. The van der Waals surface area contributed by atoms with Gasteiger partial charge in [-0.1, -0.05) is 66.7 Å². The number of benzene rings is 5. The van der Waals surface area contributed by atoms with Crippen LogP contribution in [-0.2, 0) is 45.2 Å². The highest BCUT2D eigenvalue weighted by Gasteiger charge is 2.47. The van der Waals surface area contributed by atoms with E-state index >= 15 is 0 Å². The van der Waals surface area contributed by atoms with Gasteiger partial charge in [0.05, 0.1) is 47.8 Å². The predicted molar refractivity (Wildman–Crippen MR) is 223 cm³/mol. The van der Waals surface area contributed by atoms with E-state index in [-0.39, 0.29) is 25.6 Å². The number of thiophene rings is 1. The van der Waals surface area contributed by atoms with Gasteiger partial charge in [-0.15, -0.1) is 11.3 Å². The number of aliphatic hydroxyl groups excluding tert-OH is 1. The molecule has 1 N–H and O–H groups in total. The van der Waals surface area contributed by atoms with E-state index in [1.807, 2.05) is 78.9 Å². The van der Waals surface area contributed by atoms with Crippen LogP contribution in [-0.4, -0.2) is 57.5 Å². The summed E-state index contributed by atoms with van der Waals surface area (Å²) in [6, 6.07) is 40.1. The third-order valence-electron chi connectivity index (χ3n) is 10.4. The Bertz CT molecular complexity index is 2190. The molecule has 0 saturated carbocycles. The molecule has 5 atom stereocenters. The van der Waals surface area contributed by atoms with E-state index < -0.39 is 30.5 Å². The summed E-state index contributed by atoms with van der Waals surface area (Å²) < 4.78 is 56.2. The third-order valence-corrected chi connectivity index (χ3v) is 11.6. The lowest BCUT2D eigenvalue weighted by molar-refractivity contribution is -0.263. The molecule has 8 nitrogen and oxygen atoms in total. The molecule has 0 spiro atoms. The van der Waals surface area contributed by atoms with Crippen LogP contribution in [0.2, 0.25) is 0 Å². The summed E-state index contributed by atoms with van der Waals surface area (Å²) in [6.45, 7) is 3.10. The Morgan fingerprint density at radius 3 is 1.76 bits per heavy atom. The Kier molecular flexibility index (Phi) is 13.9. The van der Waals surface area contributed by atoms with E-state index in [4.69, 9.17) is 33.2 Å². The molecule has 302 valence electrons. The number of hydrogen-bond acceptors (Lipinski definition) is 9. The fraction of sp³-hybridized carbons (Fsp3) is 0.292. The van der Waals surface area contributed by atoms with Crippen molar-refractivity contribution >= 4 is 11.3 Å². The Morgan fingerprint density at radius 2 is 1.19 bits per heavy atom. The van der Waals surface area contributed by atoms with E-state index in [2.05, 4.69) is 31.2 Å². The summed E-state index contributed by atoms with van der Waals surface area (Å²) in [7, 11) is 4.91. The van der Waals surface area contributed by atoms with Gasteiger partial charge in [0.1, 0.15) is 53.6 Å². The van der Waals surface area contributed by atoms with Crippen LogP contribution in [0.5, 0.6) is 17.2 Å². The van der Waals surface area contributed by atoms with Gasteiger partial charge >= 0.3 is 0 Å². The van der Waals surface area contributed by atoms with Gasteiger partial charge in [0.2, 0.25) is 0 Å². The Balaban J connectivity index is 1.17. The minimum absolute atomic E-state index is 0.186. The zero-order chi connectivity index (χ0) is 40.4. The highest BCUT2D eigenvalue weighted by Crippen LogP contribution is 2.38. The summed E-state index contributed by atoms with van der Waals surface area (Å²) in [5.41, 5.74) is 6.88. The van der Waals surface area contributed by atoms with Gasteiger partial charge in [0, 0.05) is 16.2 Å². The van der Waals surface area contributed by atoms with Crippen molar-refractivity contribution in [2.45, 2.75) is 63.7 Å². The Hall–Kier alpha value is -5.07. The molecule has 10 heteroatoms. The monoisotopic (exact) mass is 804 g/mol. The summed E-state index contributed by atoms with van der Waals surface area (Å²) in [6.07, 6.45) is -3.22. The minimum Gasteiger partial charge on any atom is -0.497 e. The maximum atomic E-state index is 13.6. The normalized spacial score (nSPS) is 19.2. The van der Waals surface area contributed by atoms with Crippen molar-refractivity contribution in [3.63, 3.8) is 0 Å². The third kappa shape index (κ3) is 10.3. The lowest BCUT2D eigenvalue weighted by Gasteiger charge is -2.45. The first-order chi connectivity index (χ1) is 28.3. The fourth-order valence-electron chi connectivity index (χ4n) is 7.06. The maximum absolute atomic E-state index is 13.6. The largest absolute Gasteiger partial charge is 0.497 e. The summed E-state index contributed by atoms with van der Waals surface area (Å²) in [4.78, 5) is 2.24. The van der Waals surface area contributed by atoms with Crippen LogP contribution in [0.25, 0.3) is 10.4 Å². The molecule has 1 fully saturated rings. The molecule has 1 saturated heterocycles. The fourth-order valence-corrected chi connectivity index (χ4v) is 8.10. The molecule has 1 unspecified atom stereocenters. The number of halogens is 1. The average molecular weight is 805 g/mol. The lowest BCUT2D eigenvalue weighted by Crippen LogP contribution is -2.57. The standard InChI is InChI=1S/C48H49FO8S/c1-31-5-12-36(25-37(31)26-42-23-24-44(58-42)35-13-15-38(49)16-14-35)46-45(50)48(56-29-34-10-21-41(53-4)22-11-34)47(55-28-33-8-19-40(52-3)20-9-33)43(57-46)30-54-27-32-6-17-39(51-2)18-7-32/h5-25,43,45-48,50H,26-30H2,1-4H3/t43-,45+,46?,47-,48-/m1/s1. The van der Waals surface area contributed by atoms with Crippen LogP contribution >= 0.6 is 11.3 Å². The van der Waals surface area contributed by atoms with Crippen LogP contribution in [0.3, 0.4) is 0 Å². The molecule has 5 aromatic carbocycles. The molecule has 1 aliphatic heterocycles. The first kappa shape index (κ1) is 41.1. The number of aliphatic hydroxyl groups is 1. The van der Waals surface area contributed by atoms with E-state index in [1.54, 1.807) is 44.8 Å². The van der Waals surface area contributed by atoms with Crippen LogP contribution < -0.4 is 14.2 Å². The zero-order valence-corrected chi connectivity index (χ0v) is 34.0. The average Bonchev–Trinajstić information content (AvgIpc) is 3.73. The van der Waals surface area contributed by atoms with Gasteiger partial charge in [-0.2, -0.15) is 0 Å². The van der Waals surface area contributed by atoms with Crippen molar-refractivity contribution in [3.8, 4) is 27.7 Å². The molecule has 7 rings (SSSR count). The van der Waals surface area contributed by atoms with Crippen molar-refractivity contribution in [1.82, 2.24) is 0 Å². The molecule has 0 radical (unpaired) electrons. The molecule has 1 aliphatic rings. The number of aryl methyl sites for hydroxylation is 1. The van der Waals surface area contributed by atoms with Crippen molar-refractivity contribution in [2.24, 2.45) is 0 Å². The van der Waals surface area contributed by atoms with Gasteiger partial charge in [0.25, 0.3) is 0 Å². The molecular weight excluding hydrogens is 756 g/mol. The Labute approximate surface area is 343 Å². The quantitative estimate of drug-likeness (QED) is 0.0977. The lowest BCUT2D eigenvalue weighted by atomic mass is 9.89. The number of ether oxygens (including phenoxy) is 7. The van der Waals surface area contributed by atoms with Crippen molar-refractivity contribution in [1.29, 1.82) is 0 Å². The zero-order valence-electron chi connectivity index (χ0n) is 33.1. The van der Waals surface area contributed by atoms with E-state index in [1.165, 1.54) is 17.0 Å². The summed E-state index contributed by atoms with van der Waals surface area (Å²) >= 11 is 1.68. The van der Waals surface area contributed by atoms with E-state index in [0.29, 0.717) is 13.0 Å². The summed E-state index contributed by atoms with van der Waals surface area (Å²) in [5, 5.41) is 12.3. The molecule has 0 aliphatic carbocycles. The van der Waals surface area contributed by atoms with Gasteiger partial charge in [-0.05, 0) is 107 Å². The molecule has 1 aromatic heterocycles. The minimum atomic E-state index is -1.08. The number of rotatable bonds is 17. The van der Waals surface area contributed by atoms with Crippen molar-refractivity contribution < 1.29 is 42.7 Å². The molecule has 6 aromatic rings. The summed E-state index contributed by atoms with van der Waals surface area (Å²) in [5.74, 6) is 2.01. The van der Waals surface area contributed by atoms with Gasteiger partial charge in [-0.3, -0.25) is 0 Å².